The van der Waals surface area contributed by atoms with Gasteiger partial charge in [0, 0.05) is 13.2 Å². The van der Waals surface area contributed by atoms with E-state index in [2.05, 4.69) is 27.0 Å². The van der Waals surface area contributed by atoms with Gasteiger partial charge >= 0.3 is 8.56 Å². The van der Waals surface area contributed by atoms with E-state index in [4.69, 9.17) is 8.85 Å². The summed E-state index contributed by atoms with van der Waals surface area (Å²) in [5.41, 5.74) is 1.94. The fourth-order valence-corrected chi connectivity index (χ4v) is 4.78. The van der Waals surface area contributed by atoms with Gasteiger partial charge in [0.25, 0.3) is 0 Å². The van der Waals surface area contributed by atoms with Crippen molar-refractivity contribution < 1.29 is 8.85 Å². The Morgan fingerprint density at radius 3 is 1.15 bits per heavy atom. The third-order valence-electron chi connectivity index (χ3n) is 5.39. The smallest absolute Gasteiger partial charge is 0.361 e. The summed E-state index contributed by atoms with van der Waals surface area (Å²) in [7, 11) is -2.13. The molecular weight excluding hydrogens is 348 g/mol. The highest BCUT2D eigenvalue weighted by Gasteiger charge is 2.26. The van der Waals surface area contributed by atoms with Crippen LogP contribution in [0.3, 0.4) is 0 Å². The van der Waals surface area contributed by atoms with Crippen molar-refractivity contribution in [3.63, 3.8) is 0 Å². The van der Waals surface area contributed by atoms with Gasteiger partial charge in [-0.2, -0.15) is 0 Å². The van der Waals surface area contributed by atoms with Crippen molar-refractivity contribution in [1.29, 1.82) is 0 Å². The van der Waals surface area contributed by atoms with Crippen LogP contribution in [-0.4, -0.2) is 21.8 Å². The Balaban J connectivity index is 3.43. The topological polar surface area (TPSA) is 18.5 Å². The van der Waals surface area contributed by atoms with E-state index in [-0.39, 0.29) is 0 Å². The minimum atomic E-state index is -2.13. The first-order valence-electron chi connectivity index (χ1n) is 12.1. The number of rotatable bonds is 22. The number of hydrogen-bond donors (Lipinski definition) is 0. The Kier molecular flexibility index (Phi) is 20.5. The van der Waals surface area contributed by atoms with Gasteiger partial charge in [-0.25, -0.2) is 0 Å². The van der Waals surface area contributed by atoms with Gasteiger partial charge < -0.3 is 8.85 Å². The zero-order valence-electron chi connectivity index (χ0n) is 19.0. The van der Waals surface area contributed by atoms with Crippen LogP contribution in [0.25, 0.3) is 0 Å². The van der Waals surface area contributed by atoms with Gasteiger partial charge in [0.15, 0.2) is 0 Å². The molecule has 162 valence electrons. The third-order valence-corrected chi connectivity index (χ3v) is 7.69. The molecule has 2 nitrogen and oxygen atoms in total. The Labute approximate surface area is 172 Å². The van der Waals surface area contributed by atoms with Gasteiger partial charge in [-0.05, 0) is 25.1 Å². The first-order chi connectivity index (χ1) is 13.2. The van der Waals surface area contributed by atoms with Crippen molar-refractivity contribution in [2.45, 2.75) is 130 Å². The van der Waals surface area contributed by atoms with Crippen LogP contribution in [0.4, 0.5) is 0 Å². The Bertz CT molecular complexity index is 309. The minimum Gasteiger partial charge on any atom is -0.391 e. The standard InChI is InChI=1S/C24H50O2Si/c1-5-8-10-12-13-14-15-16-17-18-20-22-24-26-27(4,7-3)25-23-21-19-11-9-6-2/h7H,3,5-6,8-24H2,1-2,4H3. The molecule has 0 N–H and O–H groups in total. The van der Waals surface area contributed by atoms with Crippen LogP contribution in [0.5, 0.6) is 0 Å². The SMILES string of the molecule is C=C[Si](C)(OCCCCCCC)OCCCCCCCCCCCCCC. The lowest BCUT2D eigenvalue weighted by Crippen LogP contribution is -2.37. The molecule has 0 aromatic heterocycles. The van der Waals surface area contributed by atoms with E-state index in [1.807, 2.05) is 5.70 Å². The summed E-state index contributed by atoms with van der Waals surface area (Å²) in [6, 6.07) is 0. The molecule has 0 spiro atoms. The van der Waals surface area contributed by atoms with Crippen LogP contribution < -0.4 is 0 Å². The summed E-state index contributed by atoms with van der Waals surface area (Å²) in [5.74, 6) is 0. The summed E-state index contributed by atoms with van der Waals surface area (Å²) >= 11 is 0. The van der Waals surface area contributed by atoms with Crippen LogP contribution >= 0.6 is 0 Å². The van der Waals surface area contributed by atoms with Crippen molar-refractivity contribution in [2.24, 2.45) is 0 Å². The highest BCUT2D eigenvalue weighted by atomic mass is 28.4. The second-order valence-corrected chi connectivity index (χ2v) is 11.2. The Morgan fingerprint density at radius 1 is 0.556 bits per heavy atom. The predicted molar refractivity (Wildman–Crippen MR) is 124 cm³/mol. The fraction of sp³-hybridized carbons (Fsp3) is 0.917. The molecule has 0 heterocycles. The maximum atomic E-state index is 6.10. The maximum Gasteiger partial charge on any atom is 0.361 e. The van der Waals surface area contributed by atoms with E-state index in [0.717, 1.165) is 26.1 Å². The van der Waals surface area contributed by atoms with Crippen molar-refractivity contribution >= 4 is 8.56 Å². The van der Waals surface area contributed by atoms with Crippen LogP contribution in [0, 0.1) is 0 Å². The number of unbranched alkanes of at least 4 members (excludes halogenated alkanes) is 15. The summed E-state index contributed by atoms with van der Waals surface area (Å²) in [6.45, 7) is 12.3. The van der Waals surface area contributed by atoms with E-state index in [9.17, 15) is 0 Å². The van der Waals surface area contributed by atoms with E-state index < -0.39 is 8.56 Å². The van der Waals surface area contributed by atoms with Crippen LogP contribution in [-0.2, 0) is 8.85 Å². The van der Waals surface area contributed by atoms with Gasteiger partial charge in [-0.15, -0.1) is 6.58 Å². The molecule has 0 radical (unpaired) electrons. The molecule has 0 saturated carbocycles. The van der Waals surface area contributed by atoms with Gasteiger partial charge in [-0.1, -0.05) is 110 Å². The summed E-state index contributed by atoms with van der Waals surface area (Å²) in [5, 5.41) is 0. The summed E-state index contributed by atoms with van der Waals surface area (Å²) in [4.78, 5) is 0. The maximum absolute atomic E-state index is 6.10. The predicted octanol–water partition coefficient (Wildman–Crippen LogP) is 8.49. The molecule has 0 bridgehead atoms. The van der Waals surface area contributed by atoms with Gasteiger partial charge in [0.05, 0.1) is 0 Å². The zero-order valence-corrected chi connectivity index (χ0v) is 20.0. The number of hydrogen-bond acceptors (Lipinski definition) is 2. The van der Waals surface area contributed by atoms with Crippen molar-refractivity contribution in [2.75, 3.05) is 13.2 Å². The molecule has 0 aromatic rings. The average molecular weight is 399 g/mol. The van der Waals surface area contributed by atoms with Gasteiger partial charge in [-0.3, -0.25) is 0 Å². The monoisotopic (exact) mass is 398 g/mol. The Morgan fingerprint density at radius 2 is 0.852 bits per heavy atom. The molecule has 0 aliphatic rings. The van der Waals surface area contributed by atoms with Crippen LogP contribution in [0.2, 0.25) is 6.55 Å². The first kappa shape index (κ1) is 26.9. The second kappa shape index (κ2) is 20.6. The molecule has 27 heavy (non-hydrogen) atoms. The first-order valence-corrected chi connectivity index (χ1v) is 14.5. The molecule has 1 atom stereocenters. The fourth-order valence-electron chi connectivity index (χ4n) is 3.36. The highest BCUT2D eigenvalue weighted by Crippen LogP contribution is 2.14. The van der Waals surface area contributed by atoms with Crippen LogP contribution in [0.15, 0.2) is 12.3 Å². The minimum absolute atomic E-state index is 0.830. The van der Waals surface area contributed by atoms with E-state index in [1.54, 1.807) is 0 Å². The van der Waals surface area contributed by atoms with E-state index in [1.165, 1.54) is 96.3 Å². The van der Waals surface area contributed by atoms with Crippen molar-refractivity contribution in [3.8, 4) is 0 Å². The third kappa shape index (κ3) is 19.0. The molecule has 0 amide bonds. The van der Waals surface area contributed by atoms with Gasteiger partial charge in [0.2, 0.25) is 0 Å². The average Bonchev–Trinajstić information content (AvgIpc) is 2.68. The summed E-state index contributed by atoms with van der Waals surface area (Å²) < 4.78 is 12.2. The lowest BCUT2D eigenvalue weighted by atomic mass is 10.1. The molecule has 3 heteroatoms. The highest BCUT2D eigenvalue weighted by molar-refractivity contribution is 6.71. The zero-order chi connectivity index (χ0) is 20.1. The van der Waals surface area contributed by atoms with E-state index in [0.29, 0.717) is 0 Å². The molecule has 0 fully saturated rings. The van der Waals surface area contributed by atoms with Crippen molar-refractivity contribution in [3.05, 3.63) is 12.3 Å². The largest absolute Gasteiger partial charge is 0.391 e. The lowest BCUT2D eigenvalue weighted by molar-refractivity contribution is 0.177. The Hall–Kier alpha value is -0.123. The quantitative estimate of drug-likeness (QED) is 0.134. The van der Waals surface area contributed by atoms with Gasteiger partial charge in [0.1, 0.15) is 0 Å². The van der Waals surface area contributed by atoms with Crippen LogP contribution in [0.1, 0.15) is 123 Å². The van der Waals surface area contributed by atoms with Crippen molar-refractivity contribution in [1.82, 2.24) is 0 Å². The molecule has 0 rings (SSSR count). The van der Waals surface area contributed by atoms with E-state index >= 15 is 0 Å². The normalized spacial score (nSPS) is 13.6. The molecule has 0 aromatic carbocycles. The molecule has 0 aliphatic carbocycles. The molecule has 0 aliphatic heterocycles. The molecular formula is C24H50O2Si. The summed E-state index contributed by atoms with van der Waals surface area (Å²) in [6.07, 6.45) is 22.9. The second-order valence-electron chi connectivity index (χ2n) is 8.22. The lowest BCUT2D eigenvalue weighted by Gasteiger charge is -2.23. The molecule has 0 saturated heterocycles. The molecule has 1 unspecified atom stereocenters.